The maximum Gasteiger partial charge on any atom is 0.194 e. The smallest absolute Gasteiger partial charge is 0.194 e. The average Bonchev–Trinajstić information content (AvgIpc) is 3.20. The maximum atomic E-state index is 14.0. The molecule has 1 fully saturated rings. The van der Waals surface area contributed by atoms with Crippen LogP contribution < -0.4 is 5.32 Å². The fourth-order valence-corrected chi connectivity index (χ4v) is 3.02. The molecule has 2 heterocycles. The van der Waals surface area contributed by atoms with Crippen LogP contribution in [0.5, 0.6) is 0 Å². The zero-order valence-electron chi connectivity index (χ0n) is 15.4. The Morgan fingerprint density at radius 2 is 2.15 bits per heavy atom. The number of nitrogens with one attached hydrogen (secondary N) is 1. The highest BCUT2D eigenvalue weighted by atomic mass is 19.1. The van der Waals surface area contributed by atoms with Crippen LogP contribution in [0.2, 0.25) is 0 Å². The monoisotopic (exact) mass is 370 g/mol. The molecule has 0 unspecified atom stereocenters. The molecule has 1 aliphatic heterocycles. The molecule has 8 heteroatoms. The first kappa shape index (κ1) is 18.9. The van der Waals surface area contributed by atoms with Gasteiger partial charge < -0.3 is 14.7 Å². The van der Waals surface area contributed by atoms with E-state index >= 15 is 0 Å². The normalized spacial score (nSPS) is 15.6. The van der Waals surface area contributed by atoms with E-state index in [1.54, 1.807) is 12.3 Å². The second kappa shape index (κ2) is 9.14. The number of rotatable bonds is 5. The van der Waals surface area contributed by atoms with Crippen molar-refractivity contribution >= 4 is 5.96 Å². The van der Waals surface area contributed by atoms with E-state index in [1.807, 2.05) is 19.1 Å². The zero-order valence-corrected chi connectivity index (χ0v) is 15.4. The molecule has 1 aromatic carbocycles. The minimum Gasteiger partial charge on any atom is -0.364 e. The summed E-state index contributed by atoms with van der Waals surface area (Å²) in [4.78, 5) is 9.07. The summed E-state index contributed by atoms with van der Waals surface area (Å²) in [6.45, 7) is 7.12. The number of guanidine groups is 1. The minimum absolute atomic E-state index is 0.197. The van der Waals surface area contributed by atoms with Gasteiger partial charge in [0.25, 0.3) is 0 Å². The molecule has 0 radical (unpaired) electrons. The van der Waals surface area contributed by atoms with Crippen molar-refractivity contribution in [1.82, 2.24) is 20.3 Å². The highest BCUT2D eigenvalue weighted by Gasteiger charge is 2.20. The van der Waals surface area contributed by atoms with Gasteiger partial charge in [-0.2, -0.15) is 5.26 Å². The Bertz CT molecular complexity index is 806. The second-order valence-electron chi connectivity index (χ2n) is 6.34. The topological polar surface area (TPSA) is 80.7 Å². The lowest BCUT2D eigenvalue weighted by atomic mass is 10.1. The molecular formula is C19H23FN6O. The fourth-order valence-electron chi connectivity index (χ4n) is 3.02. The first-order valence-electron chi connectivity index (χ1n) is 9.03. The van der Waals surface area contributed by atoms with Crippen molar-refractivity contribution in [1.29, 1.82) is 5.26 Å². The third-order valence-corrected chi connectivity index (χ3v) is 4.46. The lowest BCUT2D eigenvalue weighted by Crippen LogP contribution is -2.52. The van der Waals surface area contributed by atoms with Crippen LogP contribution in [-0.4, -0.2) is 53.6 Å². The predicted octanol–water partition coefficient (Wildman–Crippen LogP) is 1.97. The Labute approximate surface area is 158 Å². The SMILES string of the molecule is CCNC(=NCc1cc(C#N)ccc1F)N1CCN(Cc2ccon2)CC1. The summed E-state index contributed by atoms with van der Waals surface area (Å²) in [6.07, 6.45) is 1.59. The number of hydrogen-bond acceptors (Lipinski definition) is 5. The van der Waals surface area contributed by atoms with E-state index in [2.05, 4.69) is 25.3 Å². The Kier molecular flexibility index (Phi) is 6.39. The van der Waals surface area contributed by atoms with E-state index in [-0.39, 0.29) is 12.4 Å². The van der Waals surface area contributed by atoms with Crippen LogP contribution >= 0.6 is 0 Å². The molecule has 0 spiro atoms. The van der Waals surface area contributed by atoms with E-state index in [0.717, 1.165) is 50.9 Å². The van der Waals surface area contributed by atoms with E-state index in [1.165, 1.54) is 12.1 Å². The molecule has 142 valence electrons. The number of piperazine rings is 1. The van der Waals surface area contributed by atoms with E-state index in [0.29, 0.717) is 11.1 Å². The van der Waals surface area contributed by atoms with Crippen molar-refractivity contribution in [2.24, 2.45) is 4.99 Å². The molecule has 1 N–H and O–H groups in total. The number of hydrogen-bond donors (Lipinski definition) is 1. The first-order valence-corrected chi connectivity index (χ1v) is 9.03. The molecule has 7 nitrogen and oxygen atoms in total. The number of aromatic nitrogens is 1. The van der Waals surface area contributed by atoms with Gasteiger partial charge in [-0.15, -0.1) is 0 Å². The summed E-state index contributed by atoms with van der Waals surface area (Å²) in [5.74, 6) is 0.423. The Morgan fingerprint density at radius 1 is 1.33 bits per heavy atom. The van der Waals surface area contributed by atoms with Gasteiger partial charge in [-0.05, 0) is 25.1 Å². The van der Waals surface area contributed by atoms with Crippen molar-refractivity contribution in [3.05, 3.63) is 53.2 Å². The van der Waals surface area contributed by atoms with Crippen LogP contribution in [-0.2, 0) is 13.1 Å². The molecule has 0 amide bonds. The van der Waals surface area contributed by atoms with Crippen LogP contribution in [0.25, 0.3) is 0 Å². The van der Waals surface area contributed by atoms with Crippen LogP contribution in [0, 0.1) is 17.1 Å². The van der Waals surface area contributed by atoms with Crippen molar-refractivity contribution in [2.45, 2.75) is 20.0 Å². The van der Waals surface area contributed by atoms with Gasteiger partial charge in [-0.1, -0.05) is 5.16 Å². The molecule has 0 aliphatic carbocycles. The Hall–Kier alpha value is -2.92. The Morgan fingerprint density at radius 3 is 2.81 bits per heavy atom. The van der Waals surface area contributed by atoms with Gasteiger partial charge >= 0.3 is 0 Å². The van der Waals surface area contributed by atoms with Crippen molar-refractivity contribution in [2.75, 3.05) is 32.7 Å². The molecule has 27 heavy (non-hydrogen) atoms. The molecule has 2 aromatic rings. The van der Waals surface area contributed by atoms with Gasteiger partial charge in [-0.3, -0.25) is 4.90 Å². The highest BCUT2D eigenvalue weighted by Crippen LogP contribution is 2.12. The van der Waals surface area contributed by atoms with Gasteiger partial charge in [0.15, 0.2) is 5.96 Å². The molecular weight excluding hydrogens is 347 g/mol. The molecule has 1 saturated heterocycles. The number of halogens is 1. The largest absolute Gasteiger partial charge is 0.364 e. The number of benzene rings is 1. The Balaban J connectivity index is 1.62. The quantitative estimate of drug-likeness (QED) is 0.640. The average molecular weight is 370 g/mol. The van der Waals surface area contributed by atoms with E-state index in [4.69, 9.17) is 9.78 Å². The summed E-state index contributed by atoms with van der Waals surface area (Å²) in [7, 11) is 0. The molecule has 0 saturated carbocycles. The number of nitrogens with zero attached hydrogens (tertiary/aromatic N) is 5. The summed E-state index contributed by atoms with van der Waals surface area (Å²) in [5, 5.41) is 16.2. The van der Waals surface area contributed by atoms with Crippen molar-refractivity contribution < 1.29 is 8.91 Å². The molecule has 1 aliphatic rings. The molecule has 1 aromatic heterocycles. The first-order chi connectivity index (χ1) is 13.2. The van der Waals surface area contributed by atoms with Crippen LogP contribution in [0.3, 0.4) is 0 Å². The van der Waals surface area contributed by atoms with E-state index < -0.39 is 0 Å². The van der Waals surface area contributed by atoms with Gasteiger partial charge in [-0.25, -0.2) is 9.38 Å². The van der Waals surface area contributed by atoms with Gasteiger partial charge in [0, 0.05) is 50.9 Å². The maximum absolute atomic E-state index is 14.0. The molecule has 0 atom stereocenters. The third kappa shape index (κ3) is 5.05. The lowest BCUT2D eigenvalue weighted by molar-refractivity contribution is 0.169. The summed E-state index contributed by atoms with van der Waals surface area (Å²) in [5.41, 5.74) is 1.79. The minimum atomic E-state index is -0.342. The van der Waals surface area contributed by atoms with Crippen LogP contribution in [0.4, 0.5) is 4.39 Å². The molecule has 0 bridgehead atoms. The van der Waals surface area contributed by atoms with Gasteiger partial charge in [0.05, 0.1) is 23.9 Å². The highest BCUT2D eigenvalue weighted by molar-refractivity contribution is 5.80. The summed E-state index contributed by atoms with van der Waals surface area (Å²) in [6, 6.07) is 8.26. The van der Waals surface area contributed by atoms with Gasteiger partial charge in [0.1, 0.15) is 12.1 Å². The summed E-state index contributed by atoms with van der Waals surface area (Å²) < 4.78 is 18.9. The number of nitriles is 1. The fraction of sp³-hybridized carbons (Fsp3) is 0.421. The lowest BCUT2D eigenvalue weighted by Gasteiger charge is -2.36. The second-order valence-corrected chi connectivity index (χ2v) is 6.34. The van der Waals surface area contributed by atoms with Gasteiger partial charge in [0.2, 0.25) is 0 Å². The van der Waals surface area contributed by atoms with E-state index in [9.17, 15) is 4.39 Å². The van der Waals surface area contributed by atoms with Crippen molar-refractivity contribution in [3.8, 4) is 6.07 Å². The number of aliphatic imine (C=N–C) groups is 1. The van der Waals surface area contributed by atoms with Crippen molar-refractivity contribution in [3.63, 3.8) is 0 Å². The predicted molar refractivity (Wildman–Crippen MR) is 99.3 cm³/mol. The third-order valence-electron chi connectivity index (χ3n) is 4.46. The summed E-state index contributed by atoms with van der Waals surface area (Å²) >= 11 is 0. The zero-order chi connectivity index (χ0) is 19.1. The van der Waals surface area contributed by atoms with Crippen LogP contribution in [0.1, 0.15) is 23.7 Å². The van der Waals surface area contributed by atoms with Crippen LogP contribution in [0.15, 0.2) is 40.0 Å². The standard InChI is InChI=1S/C19H23FN6O/c1-2-22-19(23-13-16-11-15(12-21)3-4-18(16)20)26-8-6-25(7-9-26)14-17-5-10-27-24-17/h3-5,10-11H,2,6-9,13-14H2,1H3,(H,22,23). The molecule has 3 rings (SSSR count).